The molecule has 0 N–H and O–H groups in total. The summed E-state index contributed by atoms with van der Waals surface area (Å²) in [5.41, 5.74) is 2.66. The Hall–Kier alpha value is -2.47. The highest BCUT2D eigenvalue weighted by atomic mass is 16.2. The van der Waals surface area contributed by atoms with Crippen molar-refractivity contribution < 1.29 is 4.79 Å². The highest BCUT2D eigenvalue weighted by Gasteiger charge is 2.40. The maximum atomic E-state index is 12.5. The predicted octanol–water partition coefficient (Wildman–Crippen LogP) is 2.95. The van der Waals surface area contributed by atoms with E-state index in [1.54, 1.807) is 0 Å². The Labute approximate surface area is 173 Å². The molecule has 2 aromatic rings. The molecule has 6 nitrogen and oxygen atoms in total. The van der Waals surface area contributed by atoms with Gasteiger partial charge in [-0.15, -0.1) is 0 Å². The van der Waals surface area contributed by atoms with Gasteiger partial charge in [0.2, 0.25) is 11.9 Å². The van der Waals surface area contributed by atoms with Crippen molar-refractivity contribution in [2.75, 3.05) is 38.6 Å². The van der Waals surface area contributed by atoms with E-state index in [0.717, 1.165) is 63.5 Å². The summed E-state index contributed by atoms with van der Waals surface area (Å²) in [6, 6.07) is 10.3. The molecule has 0 unspecified atom stereocenters. The molecule has 1 aromatic carbocycles. The molecule has 2 fully saturated rings. The molecule has 0 aliphatic carbocycles. The summed E-state index contributed by atoms with van der Waals surface area (Å²) in [6.07, 6.45) is 7.91. The molecule has 154 valence electrons. The Morgan fingerprint density at radius 3 is 2.31 bits per heavy atom. The average Bonchev–Trinajstić information content (AvgIpc) is 2.74. The first-order valence-electron chi connectivity index (χ1n) is 10.6. The molecule has 2 aliphatic rings. The number of piperidine rings is 2. The van der Waals surface area contributed by atoms with Crippen LogP contribution in [0.3, 0.4) is 0 Å². The number of rotatable bonds is 5. The highest BCUT2D eigenvalue weighted by Crippen LogP contribution is 2.40. The van der Waals surface area contributed by atoms with Crippen molar-refractivity contribution in [3.05, 3.63) is 53.9 Å². The fourth-order valence-corrected chi connectivity index (χ4v) is 4.56. The highest BCUT2D eigenvalue weighted by molar-refractivity contribution is 5.77. The number of anilines is 1. The summed E-state index contributed by atoms with van der Waals surface area (Å²) in [5.74, 6) is 1.05. The second-order valence-corrected chi connectivity index (χ2v) is 8.80. The van der Waals surface area contributed by atoms with E-state index in [2.05, 4.69) is 31.9 Å². The predicted molar refractivity (Wildman–Crippen MR) is 114 cm³/mol. The molecule has 0 atom stereocenters. The number of likely N-dealkylation sites (tertiary alicyclic amines) is 2. The van der Waals surface area contributed by atoms with E-state index < -0.39 is 0 Å². The van der Waals surface area contributed by atoms with E-state index >= 15 is 0 Å². The Balaban J connectivity index is 1.33. The van der Waals surface area contributed by atoms with Crippen molar-refractivity contribution in [2.45, 2.75) is 38.8 Å². The van der Waals surface area contributed by atoms with Crippen molar-refractivity contribution in [3.8, 4) is 0 Å². The van der Waals surface area contributed by atoms with E-state index in [1.807, 2.05) is 49.6 Å². The molecule has 1 aromatic heterocycles. The third-order valence-electron chi connectivity index (χ3n) is 6.38. The van der Waals surface area contributed by atoms with Crippen LogP contribution in [-0.4, -0.2) is 59.4 Å². The molecule has 1 amide bonds. The van der Waals surface area contributed by atoms with Crippen molar-refractivity contribution in [1.29, 1.82) is 0 Å². The Bertz CT molecular complexity index is 813. The van der Waals surface area contributed by atoms with Crippen LogP contribution in [0.1, 0.15) is 36.8 Å². The van der Waals surface area contributed by atoms with Gasteiger partial charge in [-0.2, -0.15) is 0 Å². The summed E-state index contributed by atoms with van der Waals surface area (Å²) >= 11 is 0. The van der Waals surface area contributed by atoms with Gasteiger partial charge in [0.15, 0.2) is 0 Å². The molecule has 0 bridgehead atoms. The topological polar surface area (TPSA) is 52.6 Å². The van der Waals surface area contributed by atoms with Crippen LogP contribution in [0.15, 0.2) is 42.7 Å². The molecule has 4 rings (SSSR count). The summed E-state index contributed by atoms with van der Waals surface area (Å²) in [7, 11) is 3.91. The number of carbonyl (C=O) groups is 1. The minimum Gasteiger partial charge on any atom is -0.347 e. The van der Waals surface area contributed by atoms with Crippen molar-refractivity contribution in [2.24, 2.45) is 5.41 Å². The first-order chi connectivity index (χ1) is 14.0. The van der Waals surface area contributed by atoms with Crippen LogP contribution >= 0.6 is 0 Å². The van der Waals surface area contributed by atoms with E-state index in [-0.39, 0.29) is 5.41 Å². The largest absolute Gasteiger partial charge is 0.347 e. The first-order valence-corrected chi connectivity index (χ1v) is 10.6. The summed E-state index contributed by atoms with van der Waals surface area (Å²) in [5, 5.41) is 0. The maximum Gasteiger partial charge on any atom is 0.224 e. The van der Waals surface area contributed by atoms with Gasteiger partial charge in [-0.3, -0.25) is 9.69 Å². The lowest BCUT2D eigenvalue weighted by Gasteiger charge is -2.47. The Kier molecular flexibility index (Phi) is 5.81. The van der Waals surface area contributed by atoms with Crippen LogP contribution in [0.5, 0.6) is 0 Å². The van der Waals surface area contributed by atoms with Crippen LogP contribution in [0.25, 0.3) is 0 Å². The van der Waals surface area contributed by atoms with Gasteiger partial charge >= 0.3 is 0 Å². The Morgan fingerprint density at radius 1 is 0.966 bits per heavy atom. The third-order valence-corrected chi connectivity index (χ3v) is 6.38. The first kappa shape index (κ1) is 19.8. The molecule has 6 heteroatoms. The van der Waals surface area contributed by atoms with Crippen LogP contribution in [0.4, 0.5) is 5.95 Å². The number of benzene rings is 1. The lowest BCUT2D eigenvalue weighted by molar-refractivity contribution is -0.140. The molecule has 2 aliphatic heterocycles. The second kappa shape index (κ2) is 8.49. The zero-order valence-corrected chi connectivity index (χ0v) is 17.5. The van der Waals surface area contributed by atoms with E-state index in [0.29, 0.717) is 12.3 Å². The maximum absolute atomic E-state index is 12.5. The molecule has 1 spiro atoms. The van der Waals surface area contributed by atoms with Gasteiger partial charge < -0.3 is 9.80 Å². The summed E-state index contributed by atoms with van der Waals surface area (Å²) in [4.78, 5) is 27.9. The van der Waals surface area contributed by atoms with Crippen molar-refractivity contribution in [1.82, 2.24) is 19.8 Å². The van der Waals surface area contributed by atoms with Gasteiger partial charge in [0.25, 0.3) is 0 Å². The SMILES string of the molecule is CN(C)c1ncc(CN2CCC3(CCC(=O)N(Cc4ccccc4)C3)CC2)cn1. The van der Waals surface area contributed by atoms with Gasteiger partial charge in [0.1, 0.15) is 0 Å². The van der Waals surface area contributed by atoms with Gasteiger partial charge in [0, 0.05) is 58.1 Å². The van der Waals surface area contributed by atoms with Crippen molar-refractivity contribution in [3.63, 3.8) is 0 Å². The number of hydrogen-bond acceptors (Lipinski definition) is 5. The van der Waals surface area contributed by atoms with Gasteiger partial charge in [-0.1, -0.05) is 30.3 Å². The van der Waals surface area contributed by atoms with Crippen LogP contribution in [0.2, 0.25) is 0 Å². The lowest BCUT2D eigenvalue weighted by atomic mass is 9.72. The normalized spacial score (nSPS) is 19.5. The van der Waals surface area contributed by atoms with E-state index in [4.69, 9.17) is 0 Å². The molecule has 3 heterocycles. The standard InChI is InChI=1S/C23H31N5O/c1-26(2)22-24-14-20(15-25-22)16-27-12-10-23(11-13-27)9-8-21(29)28(18-23)17-19-6-4-3-5-7-19/h3-7,14-15H,8-13,16-18H2,1-2H3. The second-order valence-electron chi connectivity index (χ2n) is 8.80. The minimum absolute atomic E-state index is 0.282. The molecular weight excluding hydrogens is 362 g/mol. The van der Waals surface area contributed by atoms with Gasteiger partial charge in [-0.25, -0.2) is 9.97 Å². The number of amides is 1. The molecule has 0 radical (unpaired) electrons. The van der Waals surface area contributed by atoms with Crippen LogP contribution in [-0.2, 0) is 17.9 Å². The number of nitrogens with zero attached hydrogens (tertiary/aromatic N) is 5. The van der Waals surface area contributed by atoms with Crippen molar-refractivity contribution >= 4 is 11.9 Å². The number of aromatic nitrogens is 2. The summed E-state index contributed by atoms with van der Waals surface area (Å²) in [6.45, 7) is 4.68. The lowest BCUT2D eigenvalue weighted by Crippen LogP contribution is -2.51. The van der Waals surface area contributed by atoms with Gasteiger partial charge in [-0.05, 0) is 43.3 Å². The fraction of sp³-hybridized carbons (Fsp3) is 0.522. The van der Waals surface area contributed by atoms with E-state index in [9.17, 15) is 4.79 Å². The minimum atomic E-state index is 0.282. The number of hydrogen-bond donors (Lipinski definition) is 0. The average molecular weight is 394 g/mol. The zero-order valence-electron chi connectivity index (χ0n) is 17.5. The number of carbonyl (C=O) groups excluding carboxylic acids is 1. The quantitative estimate of drug-likeness (QED) is 0.782. The van der Waals surface area contributed by atoms with Gasteiger partial charge in [0.05, 0.1) is 0 Å². The molecule has 0 saturated carbocycles. The molecular formula is C23H31N5O. The van der Waals surface area contributed by atoms with E-state index in [1.165, 1.54) is 5.56 Å². The zero-order chi connectivity index (χ0) is 20.3. The fourth-order valence-electron chi connectivity index (χ4n) is 4.56. The molecule has 2 saturated heterocycles. The Morgan fingerprint density at radius 2 is 1.66 bits per heavy atom. The summed E-state index contributed by atoms with van der Waals surface area (Å²) < 4.78 is 0. The van der Waals surface area contributed by atoms with Crippen LogP contribution in [0, 0.1) is 5.41 Å². The monoisotopic (exact) mass is 393 g/mol. The molecule has 29 heavy (non-hydrogen) atoms. The smallest absolute Gasteiger partial charge is 0.224 e. The van der Waals surface area contributed by atoms with Crippen LogP contribution < -0.4 is 4.90 Å². The third kappa shape index (κ3) is 4.75.